The highest BCUT2D eigenvalue weighted by molar-refractivity contribution is 7.10. The van der Waals surface area contributed by atoms with Crippen molar-refractivity contribution in [1.29, 1.82) is 0 Å². The minimum absolute atomic E-state index is 0.0672. The molecule has 0 aliphatic heterocycles. The van der Waals surface area contributed by atoms with Crippen molar-refractivity contribution in [1.82, 2.24) is 10.1 Å². The summed E-state index contributed by atoms with van der Waals surface area (Å²) >= 11 is 3.32. The Balaban J connectivity index is 1.55. The van der Waals surface area contributed by atoms with Crippen LogP contribution in [0.25, 0.3) is 0 Å². The van der Waals surface area contributed by atoms with Crippen molar-refractivity contribution >= 4 is 28.6 Å². The minimum atomic E-state index is -0.0672. The van der Waals surface area contributed by atoms with E-state index < -0.39 is 0 Å². The van der Waals surface area contributed by atoms with Gasteiger partial charge in [0, 0.05) is 21.7 Å². The van der Waals surface area contributed by atoms with Crippen molar-refractivity contribution in [3.05, 3.63) is 62.3 Å². The molecule has 23 heavy (non-hydrogen) atoms. The maximum atomic E-state index is 12.9. The summed E-state index contributed by atoms with van der Waals surface area (Å²) in [4.78, 5) is 17.0. The van der Waals surface area contributed by atoms with Gasteiger partial charge in [0.05, 0.1) is 13.1 Å². The second kappa shape index (κ2) is 6.29. The summed E-state index contributed by atoms with van der Waals surface area (Å²) in [6, 6.07) is 9.94. The largest absolute Gasteiger partial charge is 0.360 e. The summed E-state index contributed by atoms with van der Waals surface area (Å²) in [5.41, 5.74) is 0.417. The molecule has 3 aromatic heterocycles. The van der Waals surface area contributed by atoms with Crippen molar-refractivity contribution in [2.24, 2.45) is 0 Å². The normalized spacial score (nSPS) is 14.1. The van der Waals surface area contributed by atoms with Crippen LogP contribution in [-0.2, 0) is 13.1 Å². The average molecular weight is 344 g/mol. The third kappa shape index (κ3) is 3.38. The van der Waals surface area contributed by atoms with Gasteiger partial charge in [-0.15, -0.1) is 22.7 Å². The summed E-state index contributed by atoms with van der Waals surface area (Å²) in [6.45, 7) is 1.19. The Kier molecular flexibility index (Phi) is 4.01. The lowest BCUT2D eigenvalue weighted by Gasteiger charge is -2.20. The summed E-state index contributed by atoms with van der Waals surface area (Å²) in [5.74, 6) is 1.25. The molecule has 0 bridgehead atoms. The van der Waals surface area contributed by atoms with E-state index in [0.717, 1.165) is 18.6 Å². The van der Waals surface area contributed by atoms with Gasteiger partial charge < -0.3 is 9.42 Å². The van der Waals surface area contributed by atoms with Gasteiger partial charge in [0.1, 0.15) is 5.76 Å². The van der Waals surface area contributed by atoms with Crippen molar-refractivity contribution < 1.29 is 9.32 Å². The van der Waals surface area contributed by atoms with Crippen LogP contribution in [0.2, 0.25) is 0 Å². The van der Waals surface area contributed by atoms with E-state index in [4.69, 9.17) is 4.52 Å². The van der Waals surface area contributed by atoms with E-state index in [2.05, 4.69) is 17.3 Å². The van der Waals surface area contributed by atoms with Gasteiger partial charge in [-0.05, 0) is 35.7 Å². The van der Waals surface area contributed by atoms with Gasteiger partial charge in [0.2, 0.25) is 0 Å². The molecule has 1 fully saturated rings. The summed E-state index contributed by atoms with van der Waals surface area (Å²) in [6.07, 6.45) is 2.27. The highest BCUT2D eigenvalue weighted by atomic mass is 32.1. The first-order chi connectivity index (χ1) is 11.3. The van der Waals surface area contributed by atoms with Crippen molar-refractivity contribution in [3.8, 4) is 0 Å². The SMILES string of the molecule is O=C(c1cc(C2CC2)on1)N(Cc1cccs1)Cc1cccs1. The van der Waals surface area contributed by atoms with E-state index in [1.807, 2.05) is 33.9 Å². The average Bonchev–Trinajstić information content (AvgIpc) is 3.03. The lowest BCUT2D eigenvalue weighted by molar-refractivity contribution is 0.0723. The molecule has 0 spiro atoms. The molecule has 0 atom stereocenters. The van der Waals surface area contributed by atoms with E-state index in [0.29, 0.717) is 24.7 Å². The lowest BCUT2D eigenvalue weighted by Crippen LogP contribution is -2.29. The van der Waals surface area contributed by atoms with Gasteiger partial charge in [-0.3, -0.25) is 4.79 Å². The van der Waals surface area contributed by atoms with Crippen LogP contribution in [0, 0.1) is 0 Å². The number of carbonyl (C=O) groups excluding carboxylic acids is 1. The number of thiophene rings is 2. The topological polar surface area (TPSA) is 46.3 Å². The van der Waals surface area contributed by atoms with E-state index in [1.165, 1.54) is 9.75 Å². The Morgan fingerprint density at radius 3 is 2.35 bits per heavy atom. The van der Waals surface area contributed by atoms with E-state index in [9.17, 15) is 4.79 Å². The van der Waals surface area contributed by atoms with E-state index in [-0.39, 0.29) is 5.91 Å². The highest BCUT2D eigenvalue weighted by Crippen LogP contribution is 2.40. The van der Waals surface area contributed by atoms with Gasteiger partial charge >= 0.3 is 0 Å². The molecular weight excluding hydrogens is 328 g/mol. The third-order valence-corrected chi connectivity index (χ3v) is 5.59. The number of aromatic nitrogens is 1. The van der Waals surface area contributed by atoms with Gasteiger partial charge in [-0.2, -0.15) is 0 Å². The number of hydrogen-bond acceptors (Lipinski definition) is 5. The minimum Gasteiger partial charge on any atom is -0.360 e. The fourth-order valence-corrected chi connectivity index (χ4v) is 3.93. The number of rotatable bonds is 6. The highest BCUT2D eigenvalue weighted by Gasteiger charge is 2.30. The zero-order chi connectivity index (χ0) is 15.6. The summed E-state index contributed by atoms with van der Waals surface area (Å²) in [5, 5.41) is 8.06. The number of nitrogens with zero attached hydrogens (tertiary/aromatic N) is 2. The van der Waals surface area contributed by atoms with Crippen LogP contribution in [0.4, 0.5) is 0 Å². The molecule has 0 radical (unpaired) electrons. The molecule has 4 rings (SSSR count). The zero-order valence-electron chi connectivity index (χ0n) is 12.5. The molecule has 6 heteroatoms. The van der Waals surface area contributed by atoms with Crippen LogP contribution in [0.5, 0.6) is 0 Å². The molecule has 0 N–H and O–H groups in total. The first kappa shape index (κ1) is 14.7. The van der Waals surface area contributed by atoms with Gasteiger partial charge in [0.15, 0.2) is 5.69 Å². The molecule has 1 aliphatic carbocycles. The Bertz CT molecular complexity index is 737. The molecular formula is C17H16N2O2S2. The third-order valence-electron chi connectivity index (χ3n) is 3.87. The van der Waals surface area contributed by atoms with Crippen LogP contribution in [0.15, 0.2) is 45.6 Å². The molecule has 1 saturated carbocycles. The van der Waals surface area contributed by atoms with Crippen molar-refractivity contribution in [3.63, 3.8) is 0 Å². The fraction of sp³-hybridized carbons (Fsp3) is 0.294. The summed E-state index contributed by atoms with van der Waals surface area (Å²) in [7, 11) is 0. The molecule has 0 unspecified atom stereocenters. The van der Waals surface area contributed by atoms with E-state index in [1.54, 1.807) is 22.7 Å². The molecule has 118 valence electrons. The Morgan fingerprint density at radius 1 is 1.17 bits per heavy atom. The first-order valence-electron chi connectivity index (χ1n) is 7.60. The van der Waals surface area contributed by atoms with E-state index >= 15 is 0 Å². The van der Waals surface area contributed by atoms with Gasteiger partial charge in [-0.1, -0.05) is 17.3 Å². The standard InChI is InChI=1S/C17H16N2O2S2/c20-17(15-9-16(21-18-15)12-5-6-12)19(10-13-3-1-7-22-13)11-14-4-2-8-23-14/h1-4,7-9,12H,5-6,10-11H2. The fourth-order valence-electron chi connectivity index (χ4n) is 2.49. The maximum Gasteiger partial charge on any atom is 0.276 e. The molecule has 4 nitrogen and oxygen atoms in total. The molecule has 1 amide bonds. The summed E-state index contributed by atoms with van der Waals surface area (Å²) < 4.78 is 5.34. The second-order valence-electron chi connectivity index (χ2n) is 5.71. The first-order valence-corrected chi connectivity index (χ1v) is 9.36. The van der Waals surface area contributed by atoms with Crippen LogP contribution in [-0.4, -0.2) is 16.0 Å². The molecule has 0 aromatic carbocycles. The quantitative estimate of drug-likeness (QED) is 0.660. The Labute approximate surface area is 142 Å². The van der Waals surface area contributed by atoms with Crippen LogP contribution in [0.1, 0.15) is 44.8 Å². The monoisotopic (exact) mass is 344 g/mol. The predicted octanol–water partition coefficient (Wildman–Crippen LogP) is 4.52. The van der Waals surface area contributed by atoms with Gasteiger partial charge in [0.25, 0.3) is 5.91 Å². The second-order valence-corrected chi connectivity index (χ2v) is 7.77. The van der Waals surface area contributed by atoms with Crippen LogP contribution < -0.4 is 0 Å². The number of amides is 1. The Hall–Kier alpha value is -1.92. The van der Waals surface area contributed by atoms with Gasteiger partial charge in [-0.25, -0.2) is 0 Å². The molecule has 3 aromatic rings. The Morgan fingerprint density at radius 2 is 1.83 bits per heavy atom. The van der Waals surface area contributed by atoms with Crippen LogP contribution >= 0.6 is 22.7 Å². The predicted molar refractivity (Wildman–Crippen MR) is 90.7 cm³/mol. The zero-order valence-corrected chi connectivity index (χ0v) is 14.1. The maximum absolute atomic E-state index is 12.9. The molecule has 0 saturated heterocycles. The number of carbonyl (C=O) groups is 1. The number of hydrogen-bond donors (Lipinski definition) is 0. The van der Waals surface area contributed by atoms with Crippen LogP contribution in [0.3, 0.4) is 0 Å². The smallest absolute Gasteiger partial charge is 0.276 e. The molecule has 3 heterocycles. The molecule has 1 aliphatic rings. The lowest BCUT2D eigenvalue weighted by atomic mass is 10.2. The van der Waals surface area contributed by atoms with Crippen molar-refractivity contribution in [2.75, 3.05) is 0 Å². The van der Waals surface area contributed by atoms with Crippen molar-refractivity contribution in [2.45, 2.75) is 31.8 Å².